The van der Waals surface area contributed by atoms with Gasteiger partial charge in [-0.1, -0.05) is 11.6 Å². The molecule has 7 nitrogen and oxygen atoms in total. The van der Waals surface area contributed by atoms with Crippen LogP contribution in [0.2, 0.25) is 0 Å². The van der Waals surface area contributed by atoms with Gasteiger partial charge in [-0.15, -0.1) is 0 Å². The van der Waals surface area contributed by atoms with E-state index in [1.165, 1.54) is 0 Å². The van der Waals surface area contributed by atoms with Crippen molar-refractivity contribution < 1.29 is 71.3 Å². The van der Waals surface area contributed by atoms with E-state index in [1.54, 1.807) is 0 Å². The Bertz CT molecular complexity index is 1030. The van der Waals surface area contributed by atoms with Crippen LogP contribution in [0.15, 0.2) is 17.1 Å². The summed E-state index contributed by atoms with van der Waals surface area (Å²) in [5.41, 5.74) is -10.1. The predicted molar refractivity (Wildman–Crippen MR) is 83.5 cm³/mol. The second-order valence-corrected chi connectivity index (χ2v) is 6.43. The molecule has 1 rings (SSSR count). The Labute approximate surface area is 185 Å². The Morgan fingerprint density at radius 3 is 1.34 bits per heavy atom. The molecule has 0 aliphatic heterocycles. The average molecular weight is 566 g/mol. The first-order valence-corrected chi connectivity index (χ1v) is 7.99. The summed E-state index contributed by atoms with van der Waals surface area (Å²) < 4.78 is 181. The lowest BCUT2D eigenvalue weighted by Crippen LogP contribution is -2.54. The summed E-state index contributed by atoms with van der Waals surface area (Å²) >= 11 is 4.57. The van der Waals surface area contributed by atoms with Gasteiger partial charge in [-0.05, 0) is 0 Å². The van der Waals surface area contributed by atoms with E-state index in [0.29, 0.717) is 0 Å². The van der Waals surface area contributed by atoms with Crippen molar-refractivity contribution in [2.45, 2.75) is 36.0 Å². The highest BCUT2D eigenvalue weighted by molar-refractivity contribution is 6.67. The molecule has 0 saturated heterocycles. The Morgan fingerprint density at radius 2 is 1.06 bits per heavy atom. The summed E-state index contributed by atoms with van der Waals surface area (Å²) in [5, 5.41) is 18.8. The molecule has 0 fully saturated rings. The van der Waals surface area contributed by atoms with Crippen LogP contribution in [0.25, 0.3) is 0 Å². The second kappa shape index (κ2) is 8.59. The number of hydrogen-bond donors (Lipinski definition) is 0. The van der Waals surface area contributed by atoms with E-state index in [0.717, 1.165) is 0 Å². The maximum atomic E-state index is 13.9. The third-order valence-corrected chi connectivity index (χ3v) is 4.12. The highest BCUT2D eigenvalue weighted by Crippen LogP contribution is 2.54. The number of nitro groups is 2. The highest BCUT2D eigenvalue weighted by atomic mass is 35.5. The van der Waals surface area contributed by atoms with Crippen molar-refractivity contribution in [3.05, 3.63) is 37.9 Å². The van der Waals surface area contributed by atoms with Gasteiger partial charge in [0.1, 0.15) is 0 Å². The van der Waals surface area contributed by atoms with Gasteiger partial charge >= 0.3 is 47.4 Å². The molecule has 35 heavy (non-hydrogen) atoms. The van der Waals surface area contributed by atoms with Crippen LogP contribution in [0.3, 0.4) is 0 Å². The number of alkyl halides is 14. The van der Waals surface area contributed by atoms with Crippen molar-refractivity contribution in [2.24, 2.45) is 4.99 Å². The molecular weight excluding hydrogens is 564 g/mol. The lowest BCUT2D eigenvalue weighted by Gasteiger charge is -2.28. The second-order valence-electron chi connectivity index (χ2n) is 6.07. The number of aliphatic imine (C=N–C) groups is 1. The van der Waals surface area contributed by atoms with Crippen LogP contribution >= 0.6 is 11.6 Å². The first kappa shape index (κ1) is 30.0. The summed E-state index contributed by atoms with van der Waals surface area (Å²) in [5.74, 6) is -27.2. The molecular formula is C13H2ClF14N3O4. The largest absolute Gasteiger partial charge is 0.460 e. The zero-order valence-electron chi connectivity index (χ0n) is 15.3. The minimum atomic E-state index is -7.06. The maximum absolute atomic E-state index is 13.9. The van der Waals surface area contributed by atoms with E-state index in [2.05, 4.69) is 11.6 Å². The summed E-state index contributed by atoms with van der Waals surface area (Å²) in [4.78, 5) is 19.8. The standard InChI is InChI=1S/C13H2ClF14N3O4/c14-7(9(17,18)11(21,22)13(26,27)28)29-6-4(30(32)33)1-3(2-5(6)31(34)35)8(15,16)10(19,20)12(23,24)25/h1-2H. The van der Waals surface area contributed by atoms with E-state index in [1.807, 2.05) is 4.99 Å². The van der Waals surface area contributed by atoms with Crippen molar-refractivity contribution in [1.29, 1.82) is 0 Å². The molecule has 0 heterocycles. The summed E-state index contributed by atoms with van der Waals surface area (Å²) in [6.45, 7) is 0. The van der Waals surface area contributed by atoms with E-state index < -0.39 is 85.8 Å². The molecule has 0 N–H and O–H groups in total. The van der Waals surface area contributed by atoms with Gasteiger partial charge in [0, 0.05) is 17.7 Å². The van der Waals surface area contributed by atoms with Gasteiger partial charge in [0.25, 0.3) is 0 Å². The number of nitro benzene ring substituents is 2. The molecule has 0 radical (unpaired) electrons. The van der Waals surface area contributed by atoms with Crippen molar-refractivity contribution in [3.8, 4) is 0 Å². The smallest absolute Gasteiger partial charge is 0.258 e. The first-order chi connectivity index (χ1) is 15.2. The van der Waals surface area contributed by atoms with Crippen molar-refractivity contribution >= 4 is 33.8 Å². The molecule has 198 valence electrons. The maximum Gasteiger partial charge on any atom is 0.460 e. The summed E-state index contributed by atoms with van der Waals surface area (Å²) in [7, 11) is 0. The van der Waals surface area contributed by atoms with E-state index in [9.17, 15) is 81.7 Å². The topological polar surface area (TPSA) is 98.6 Å². The lowest BCUT2D eigenvalue weighted by molar-refractivity contribution is -0.393. The van der Waals surface area contributed by atoms with E-state index in [-0.39, 0.29) is 0 Å². The quantitative estimate of drug-likeness (QED) is 0.156. The van der Waals surface area contributed by atoms with Gasteiger partial charge in [-0.2, -0.15) is 61.5 Å². The molecule has 0 aliphatic rings. The zero-order chi connectivity index (χ0) is 28.2. The van der Waals surface area contributed by atoms with Crippen LogP contribution in [0.1, 0.15) is 5.56 Å². The van der Waals surface area contributed by atoms with Crippen LogP contribution in [0.4, 0.5) is 78.5 Å². The van der Waals surface area contributed by atoms with Crippen molar-refractivity contribution in [3.63, 3.8) is 0 Å². The van der Waals surface area contributed by atoms with Gasteiger partial charge in [-0.3, -0.25) is 20.2 Å². The minimum absolute atomic E-state index is 0.963. The normalized spacial score (nSPS) is 14.8. The molecule has 0 atom stereocenters. The number of hydrogen-bond acceptors (Lipinski definition) is 5. The third kappa shape index (κ3) is 4.89. The number of benzene rings is 1. The lowest BCUT2D eigenvalue weighted by atomic mass is 9.99. The van der Waals surface area contributed by atoms with Gasteiger partial charge < -0.3 is 0 Å². The van der Waals surface area contributed by atoms with E-state index >= 15 is 0 Å². The van der Waals surface area contributed by atoms with Crippen LogP contribution < -0.4 is 0 Å². The molecule has 1 aromatic rings. The molecule has 0 bridgehead atoms. The first-order valence-electron chi connectivity index (χ1n) is 7.61. The molecule has 0 aliphatic carbocycles. The fourth-order valence-electron chi connectivity index (χ4n) is 2.01. The van der Waals surface area contributed by atoms with Crippen LogP contribution in [0, 0.1) is 20.2 Å². The Morgan fingerprint density at radius 1 is 0.714 bits per heavy atom. The molecule has 0 amide bonds. The fraction of sp³-hybridized carbons (Fsp3) is 0.462. The molecule has 1 aromatic carbocycles. The number of nitrogens with zero attached hydrogens (tertiary/aromatic N) is 3. The van der Waals surface area contributed by atoms with Gasteiger partial charge in [-0.25, -0.2) is 4.99 Å². The van der Waals surface area contributed by atoms with Gasteiger partial charge in [0.05, 0.1) is 9.85 Å². The SMILES string of the molecule is O=[N+]([O-])c1cc(C(F)(F)C(F)(F)C(F)(F)F)cc([N+](=O)[O-])c1N=C(Cl)C(F)(F)C(F)(F)C(F)(F)F. The van der Waals surface area contributed by atoms with Gasteiger partial charge in [0.2, 0.25) is 5.69 Å². The monoisotopic (exact) mass is 565 g/mol. The molecule has 0 aromatic heterocycles. The highest BCUT2D eigenvalue weighted by Gasteiger charge is 2.75. The minimum Gasteiger partial charge on any atom is -0.258 e. The van der Waals surface area contributed by atoms with Crippen LogP contribution in [-0.2, 0) is 5.92 Å². The molecule has 0 unspecified atom stereocenters. The third-order valence-electron chi connectivity index (χ3n) is 3.80. The Balaban J connectivity index is 4.03. The average Bonchev–Trinajstić information content (AvgIpc) is 2.65. The molecule has 0 spiro atoms. The number of rotatable bonds is 7. The Kier molecular flexibility index (Phi) is 7.37. The zero-order valence-corrected chi connectivity index (χ0v) is 16.1. The summed E-state index contributed by atoms with van der Waals surface area (Å²) in [6.07, 6.45) is -14.1. The van der Waals surface area contributed by atoms with Crippen LogP contribution in [-0.4, -0.2) is 45.1 Å². The fourth-order valence-corrected chi connectivity index (χ4v) is 2.22. The molecule has 22 heteroatoms. The van der Waals surface area contributed by atoms with Crippen molar-refractivity contribution in [2.75, 3.05) is 0 Å². The molecule has 0 saturated carbocycles. The van der Waals surface area contributed by atoms with Gasteiger partial charge in [0.15, 0.2) is 5.17 Å². The number of halogens is 15. The Hall–Kier alpha value is -3.00. The van der Waals surface area contributed by atoms with Crippen LogP contribution in [0.5, 0.6) is 0 Å². The van der Waals surface area contributed by atoms with Crippen molar-refractivity contribution in [1.82, 2.24) is 0 Å². The summed E-state index contributed by atoms with van der Waals surface area (Å²) in [6, 6.07) is -1.93. The predicted octanol–water partition coefficient (Wildman–Crippen LogP) is 6.89. The van der Waals surface area contributed by atoms with E-state index in [4.69, 9.17) is 0 Å².